The molecule has 0 unspecified atom stereocenters. The predicted octanol–water partition coefficient (Wildman–Crippen LogP) is 3.62. The van der Waals surface area contributed by atoms with E-state index in [2.05, 4.69) is 10.3 Å². The summed E-state index contributed by atoms with van der Waals surface area (Å²) < 4.78 is 18.6. The molecule has 1 N–H and O–H groups in total. The Labute approximate surface area is 110 Å². The summed E-state index contributed by atoms with van der Waals surface area (Å²) in [6.45, 7) is 0.722. The molecule has 96 valence electrons. The summed E-state index contributed by atoms with van der Waals surface area (Å²) >= 11 is 0. The molecule has 3 rings (SSSR count). The van der Waals surface area contributed by atoms with E-state index in [1.165, 1.54) is 12.1 Å². The summed E-state index contributed by atoms with van der Waals surface area (Å²) in [6.07, 6.45) is 0.658. The summed E-state index contributed by atoms with van der Waals surface area (Å²) in [6, 6.07) is 14.3. The van der Waals surface area contributed by atoms with Gasteiger partial charge in [-0.15, -0.1) is 0 Å². The molecular formula is C15H13FN2O. The first-order valence-corrected chi connectivity index (χ1v) is 6.15. The fraction of sp³-hybridized carbons (Fsp3) is 0.133. The maximum absolute atomic E-state index is 13.0. The second-order valence-electron chi connectivity index (χ2n) is 4.26. The Bertz CT molecular complexity index is 679. The van der Waals surface area contributed by atoms with Gasteiger partial charge in [0.15, 0.2) is 11.5 Å². The van der Waals surface area contributed by atoms with E-state index in [4.69, 9.17) is 4.42 Å². The van der Waals surface area contributed by atoms with Crippen LogP contribution in [0.1, 0.15) is 5.89 Å². The number of nitrogens with one attached hydrogen (secondary N) is 1. The van der Waals surface area contributed by atoms with Gasteiger partial charge in [-0.1, -0.05) is 18.2 Å². The smallest absolute Gasteiger partial charge is 0.197 e. The van der Waals surface area contributed by atoms with Gasteiger partial charge < -0.3 is 9.73 Å². The van der Waals surface area contributed by atoms with E-state index in [0.717, 1.165) is 12.2 Å². The molecule has 0 saturated carbocycles. The fourth-order valence-electron chi connectivity index (χ4n) is 1.93. The summed E-state index contributed by atoms with van der Waals surface area (Å²) in [7, 11) is 0. The molecule has 0 atom stereocenters. The number of hydrogen-bond donors (Lipinski definition) is 1. The van der Waals surface area contributed by atoms with Crippen molar-refractivity contribution in [3.8, 4) is 0 Å². The van der Waals surface area contributed by atoms with Crippen LogP contribution in [0.25, 0.3) is 11.1 Å². The van der Waals surface area contributed by atoms with E-state index >= 15 is 0 Å². The third-order valence-corrected chi connectivity index (χ3v) is 2.84. The number of oxazole rings is 1. The monoisotopic (exact) mass is 256 g/mol. The van der Waals surface area contributed by atoms with Crippen LogP contribution < -0.4 is 5.32 Å². The van der Waals surface area contributed by atoms with Crippen LogP contribution in [0.5, 0.6) is 0 Å². The second kappa shape index (κ2) is 5.10. The van der Waals surface area contributed by atoms with Gasteiger partial charge in [0.05, 0.1) is 0 Å². The average molecular weight is 256 g/mol. The van der Waals surface area contributed by atoms with E-state index in [1.54, 1.807) is 6.07 Å². The molecule has 0 aliphatic heterocycles. The highest BCUT2D eigenvalue weighted by Gasteiger charge is 2.06. The van der Waals surface area contributed by atoms with Crippen molar-refractivity contribution >= 4 is 16.8 Å². The van der Waals surface area contributed by atoms with E-state index in [-0.39, 0.29) is 5.82 Å². The second-order valence-corrected chi connectivity index (χ2v) is 4.26. The molecule has 2 aromatic carbocycles. The molecule has 1 aromatic heterocycles. The van der Waals surface area contributed by atoms with E-state index < -0.39 is 0 Å². The lowest BCUT2D eigenvalue weighted by molar-refractivity contribution is 0.533. The van der Waals surface area contributed by atoms with Crippen molar-refractivity contribution in [2.24, 2.45) is 0 Å². The number of hydrogen-bond acceptors (Lipinski definition) is 3. The Morgan fingerprint density at radius 1 is 1.11 bits per heavy atom. The van der Waals surface area contributed by atoms with Gasteiger partial charge in [0.1, 0.15) is 11.3 Å². The molecule has 0 amide bonds. The molecule has 0 aliphatic carbocycles. The molecule has 0 aliphatic rings. The highest BCUT2D eigenvalue weighted by molar-refractivity contribution is 5.72. The Morgan fingerprint density at radius 3 is 2.79 bits per heavy atom. The number of rotatable bonds is 4. The van der Waals surface area contributed by atoms with Crippen LogP contribution in [0.15, 0.2) is 52.9 Å². The topological polar surface area (TPSA) is 38.1 Å². The largest absolute Gasteiger partial charge is 0.441 e. The fourth-order valence-corrected chi connectivity index (χ4v) is 1.93. The predicted molar refractivity (Wildman–Crippen MR) is 72.6 cm³/mol. The quantitative estimate of drug-likeness (QED) is 0.774. The van der Waals surface area contributed by atoms with Gasteiger partial charge in [-0.3, -0.25) is 0 Å². The van der Waals surface area contributed by atoms with Crippen molar-refractivity contribution in [1.29, 1.82) is 0 Å². The van der Waals surface area contributed by atoms with Crippen LogP contribution in [-0.4, -0.2) is 11.5 Å². The molecule has 19 heavy (non-hydrogen) atoms. The molecule has 0 bridgehead atoms. The van der Waals surface area contributed by atoms with Crippen LogP contribution in [0.4, 0.5) is 10.1 Å². The Balaban J connectivity index is 1.65. The van der Waals surface area contributed by atoms with Crippen molar-refractivity contribution in [3.63, 3.8) is 0 Å². The van der Waals surface area contributed by atoms with Gasteiger partial charge in [0, 0.05) is 24.7 Å². The zero-order valence-corrected chi connectivity index (χ0v) is 10.3. The maximum atomic E-state index is 13.0. The number of fused-ring (bicyclic) bond motifs is 1. The maximum Gasteiger partial charge on any atom is 0.197 e. The number of para-hydroxylation sites is 1. The van der Waals surface area contributed by atoms with Crippen molar-refractivity contribution < 1.29 is 8.81 Å². The van der Waals surface area contributed by atoms with E-state index in [1.807, 2.05) is 30.3 Å². The molecule has 0 spiro atoms. The van der Waals surface area contributed by atoms with Gasteiger partial charge >= 0.3 is 0 Å². The third-order valence-electron chi connectivity index (χ3n) is 2.84. The normalized spacial score (nSPS) is 10.8. The number of nitrogens with zero attached hydrogens (tertiary/aromatic N) is 1. The first-order valence-electron chi connectivity index (χ1n) is 6.15. The van der Waals surface area contributed by atoms with Crippen LogP contribution >= 0.6 is 0 Å². The van der Waals surface area contributed by atoms with Gasteiger partial charge in [-0.25, -0.2) is 9.37 Å². The zero-order valence-electron chi connectivity index (χ0n) is 10.3. The molecule has 0 fully saturated rings. The molecular weight excluding hydrogens is 243 g/mol. The van der Waals surface area contributed by atoms with Gasteiger partial charge in [-0.05, 0) is 24.3 Å². The van der Waals surface area contributed by atoms with Gasteiger partial charge in [0.25, 0.3) is 0 Å². The number of aromatic nitrogens is 1. The minimum absolute atomic E-state index is 0.297. The summed E-state index contributed by atoms with van der Waals surface area (Å²) in [5.41, 5.74) is 2.25. The highest BCUT2D eigenvalue weighted by Crippen LogP contribution is 2.17. The van der Waals surface area contributed by atoms with Crippen molar-refractivity contribution in [2.45, 2.75) is 6.42 Å². The Hall–Kier alpha value is -2.36. The molecule has 4 heteroatoms. The number of anilines is 1. The van der Waals surface area contributed by atoms with Crippen molar-refractivity contribution in [2.75, 3.05) is 11.9 Å². The van der Waals surface area contributed by atoms with Gasteiger partial charge in [-0.2, -0.15) is 0 Å². The molecule has 1 heterocycles. The average Bonchev–Trinajstić information content (AvgIpc) is 2.82. The number of halogens is 1. The van der Waals surface area contributed by atoms with Gasteiger partial charge in [0.2, 0.25) is 0 Å². The lowest BCUT2D eigenvalue weighted by Crippen LogP contribution is -2.04. The van der Waals surface area contributed by atoms with Crippen LogP contribution in [0.2, 0.25) is 0 Å². The van der Waals surface area contributed by atoms with E-state index in [0.29, 0.717) is 23.4 Å². The minimum Gasteiger partial charge on any atom is -0.441 e. The highest BCUT2D eigenvalue weighted by atomic mass is 19.1. The lowest BCUT2D eigenvalue weighted by atomic mass is 10.3. The minimum atomic E-state index is -0.297. The van der Waals surface area contributed by atoms with Crippen molar-refractivity contribution in [3.05, 3.63) is 60.2 Å². The van der Waals surface area contributed by atoms with Crippen LogP contribution in [-0.2, 0) is 6.42 Å². The lowest BCUT2D eigenvalue weighted by Gasteiger charge is -2.03. The summed E-state index contributed by atoms with van der Waals surface area (Å²) in [4.78, 5) is 4.26. The standard InChI is InChI=1S/C15H13FN2O/c16-11-6-7-14-13(10-11)18-15(19-14)8-9-17-12-4-2-1-3-5-12/h1-7,10,17H,8-9H2. The van der Waals surface area contributed by atoms with Crippen molar-refractivity contribution in [1.82, 2.24) is 4.98 Å². The molecule has 3 nitrogen and oxygen atoms in total. The third kappa shape index (κ3) is 2.73. The SMILES string of the molecule is Fc1ccc2oc(CCNc3ccccc3)nc2c1. The van der Waals surface area contributed by atoms with Crippen LogP contribution in [0, 0.1) is 5.82 Å². The first-order chi connectivity index (χ1) is 9.31. The first kappa shape index (κ1) is 11.7. The molecule has 0 radical (unpaired) electrons. The molecule has 3 aromatic rings. The number of benzene rings is 2. The summed E-state index contributed by atoms with van der Waals surface area (Å²) in [5.74, 6) is 0.318. The van der Waals surface area contributed by atoms with Crippen LogP contribution in [0.3, 0.4) is 0 Å². The summed E-state index contributed by atoms with van der Waals surface area (Å²) in [5, 5.41) is 3.27. The zero-order chi connectivity index (χ0) is 13.1. The van der Waals surface area contributed by atoms with E-state index in [9.17, 15) is 4.39 Å². The molecule has 0 saturated heterocycles. The Kier molecular flexibility index (Phi) is 3.14. The Morgan fingerprint density at radius 2 is 1.95 bits per heavy atom.